The predicted octanol–water partition coefficient (Wildman–Crippen LogP) is 2.92. The predicted molar refractivity (Wildman–Crippen MR) is 77.4 cm³/mol. The summed E-state index contributed by atoms with van der Waals surface area (Å²) in [6.07, 6.45) is 0. The van der Waals surface area contributed by atoms with Gasteiger partial charge in [0.25, 0.3) is 0 Å². The number of amides is 1. The van der Waals surface area contributed by atoms with E-state index in [1.807, 2.05) is 25.1 Å². The lowest BCUT2D eigenvalue weighted by Crippen LogP contribution is -2.35. The Morgan fingerprint density at radius 2 is 2.06 bits per heavy atom. The molecular formula is C14H20BrNO2. The summed E-state index contributed by atoms with van der Waals surface area (Å²) >= 11 is 3.26. The third-order valence-corrected chi connectivity index (χ3v) is 3.28. The normalized spacial score (nSPS) is 12.1. The van der Waals surface area contributed by atoms with Crippen molar-refractivity contribution in [3.8, 4) is 5.75 Å². The van der Waals surface area contributed by atoms with Crippen LogP contribution in [0.25, 0.3) is 0 Å². The number of aryl methyl sites for hydroxylation is 2. The van der Waals surface area contributed by atoms with Gasteiger partial charge in [-0.2, -0.15) is 0 Å². The van der Waals surface area contributed by atoms with Gasteiger partial charge in [0, 0.05) is 7.05 Å². The molecule has 1 unspecified atom stereocenters. The van der Waals surface area contributed by atoms with Gasteiger partial charge in [-0.25, -0.2) is 0 Å². The number of alkyl halides is 1. The highest BCUT2D eigenvalue weighted by atomic mass is 79.9. The lowest BCUT2D eigenvalue weighted by atomic mass is 10.1. The van der Waals surface area contributed by atoms with Gasteiger partial charge in [0.2, 0.25) is 5.91 Å². The minimum atomic E-state index is -0.149. The van der Waals surface area contributed by atoms with Crippen molar-refractivity contribution in [2.24, 2.45) is 0 Å². The number of nitrogens with zero attached hydrogens (tertiary/aromatic N) is 1. The van der Waals surface area contributed by atoms with E-state index >= 15 is 0 Å². The molecule has 1 amide bonds. The van der Waals surface area contributed by atoms with Crippen molar-refractivity contribution in [1.29, 1.82) is 0 Å². The standard InChI is InChI=1S/C14H20BrNO2/c1-10-5-6-13(9-11(10)2)18-8-7-16(4)14(17)12(3)15/h5-6,9,12H,7-8H2,1-4H3. The Morgan fingerprint density at radius 1 is 1.39 bits per heavy atom. The first-order chi connectivity index (χ1) is 8.41. The maximum Gasteiger partial charge on any atom is 0.235 e. The van der Waals surface area contributed by atoms with Gasteiger partial charge < -0.3 is 9.64 Å². The van der Waals surface area contributed by atoms with E-state index in [4.69, 9.17) is 4.74 Å². The number of ether oxygens (including phenoxy) is 1. The van der Waals surface area contributed by atoms with Gasteiger partial charge in [-0.1, -0.05) is 22.0 Å². The zero-order valence-corrected chi connectivity index (χ0v) is 13.0. The number of halogens is 1. The van der Waals surface area contributed by atoms with Crippen molar-refractivity contribution < 1.29 is 9.53 Å². The molecule has 0 N–H and O–H groups in total. The van der Waals surface area contributed by atoms with Crippen molar-refractivity contribution in [3.63, 3.8) is 0 Å². The van der Waals surface area contributed by atoms with Crippen LogP contribution in [-0.4, -0.2) is 35.8 Å². The minimum absolute atomic E-state index is 0.0682. The minimum Gasteiger partial charge on any atom is -0.492 e. The summed E-state index contributed by atoms with van der Waals surface area (Å²) in [4.78, 5) is 13.1. The first kappa shape index (κ1) is 15.0. The van der Waals surface area contributed by atoms with Crippen LogP contribution >= 0.6 is 15.9 Å². The van der Waals surface area contributed by atoms with Gasteiger partial charge in [0.15, 0.2) is 0 Å². The van der Waals surface area contributed by atoms with Crippen molar-refractivity contribution in [2.75, 3.05) is 20.2 Å². The number of hydrogen-bond donors (Lipinski definition) is 0. The molecule has 0 radical (unpaired) electrons. The highest BCUT2D eigenvalue weighted by Gasteiger charge is 2.13. The quantitative estimate of drug-likeness (QED) is 0.782. The highest BCUT2D eigenvalue weighted by Crippen LogP contribution is 2.16. The zero-order chi connectivity index (χ0) is 13.7. The second-order valence-electron chi connectivity index (χ2n) is 4.47. The molecule has 0 aromatic heterocycles. The van der Waals surface area contributed by atoms with Crippen LogP contribution in [0.1, 0.15) is 18.1 Å². The van der Waals surface area contributed by atoms with Crippen LogP contribution in [0.15, 0.2) is 18.2 Å². The molecule has 0 bridgehead atoms. The number of rotatable bonds is 5. The third-order valence-electron chi connectivity index (χ3n) is 2.89. The van der Waals surface area contributed by atoms with Crippen LogP contribution in [0.4, 0.5) is 0 Å². The Morgan fingerprint density at radius 3 is 2.61 bits per heavy atom. The van der Waals surface area contributed by atoms with Gasteiger partial charge in [-0.05, 0) is 44.0 Å². The van der Waals surface area contributed by atoms with Gasteiger partial charge in [0.05, 0.1) is 11.4 Å². The molecule has 0 heterocycles. The summed E-state index contributed by atoms with van der Waals surface area (Å²) in [7, 11) is 1.78. The SMILES string of the molecule is Cc1ccc(OCCN(C)C(=O)C(C)Br)cc1C. The molecule has 1 atom stereocenters. The van der Waals surface area contributed by atoms with E-state index in [0.29, 0.717) is 13.2 Å². The molecule has 0 aliphatic heterocycles. The summed E-state index contributed by atoms with van der Waals surface area (Å²) in [5.41, 5.74) is 2.47. The number of hydrogen-bond acceptors (Lipinski definition) is 2. The molecule has 0 spiro atoms. The van der Waals surface area contributed by atoms with E-state index in [1.54, 1.807) is 11.9 Å². The second-order valence-corrected chi connectivity index (χ2v) is 5.84. The number of likely N-dealkylation sites (N-methyl/N-ethyl adjacent to an activating group) is 1. The van der Waals surface area contributed by atoms with Crippen molar-refractivity contribution in [1.82, 2.24) is 4.90 Å². The van der Waals surface area contributed by atoms with Gasteiger partial charge in [-0.3, -0.25) is 4.79 Å². The average Bonchev–Trinajstić information content (AvgIpc) is 2.32. The fraction of sp³-hybridized carbons (Fsp3) is 0.500. The lowest BCUT2D eigenvalue weighted by Gasteiger charge is -2.19. The fourth-order valence-corrected chi connectivity index (χ4v) is 1.87. The third kappa shape index (κ3) is 4.33. The topological polar surface area (TPSA) is 29.5 Å². The van der Waals surface area contributed by atoms with Crippen molar-refractivity contribution in [3.05, 3.63) is 29.3 Å². The van der Waals surface area contributed by atoms with Crippen LogP contribution in [0.2, 0.25) is 0 Å². The van der Waals surface area contributed by atoms with Gasteiger partial charge in [0.1, 0.15) is 12.4 Å². The summed E-state index contributed by atoms with van der Waals surface area (Å²) in [5.74, 6) is 0.921. The van der Waals surface area contributed by atoms with Crippen LogP contribution in [-0.2, 0) is 4.79 Å². The maximum absolute atomic E-state index is 11.6. The molecule has 0 aliphatic rings. The summed E-state index contributed by atoms with van der Waals surface area (Å²) in [6.45, 7) is 7.04. The molecule has 0 saturated carbocycles. The molecule has 4 heteroatoms. The van der Waals surface area contributed by atoms with E-state index in [2.05, 4.69) is 29.8 Å². The zero-order valence-electron chi connectivity index (χ0n) is 11.4. The number of carbonyl (C=O) groups excluding carboxylic acids is 1. The van der Waals surface area contributed by atoms with Crippen molar-refractivity contribution in [2.45, 2.75) is 25.6 Å². The Bertz CT molecular complexity index is 418. The van der Waals surface area contributed by atoms with E-state index in [-0.39, 0.29) is 10.7 Å². The average molecular weight is 314 g/mol. The van der Waals surface area contributed by atoms with Gasteiger partial charge >= 0.3 is 0 Å². The van der Waals surface area contributed by atoms with E-state index in [9.17, 15) is 4.79 Å². The highest BCUT2D eigenvalue weighted by molar-refractivity contribution is 9.10. The van der Waals surface area contributed by atoms with Crippen molar-refractivity contribution >= 4 is 21.8 Å². The van der Waals surface area contributed by atoms with E-state index in [1.165, 1.54) is 11.1 Å². The van der Waals surface area contributed by atoms with Crippen LogP contribution in [0, 0.1) is 13.8 Å². The van der Waals surface area contributed by atoms with Gasteiger partial charge in [-0.15, -0.1) is 0 Å². The molecule has 0 fully saturated rings. The Balaban J connectivity index is 2.42. The largest absolute Gasteiger partial charge is 0.492 e. The molecule has 0 saturated heterocycles. The molecule has 0 aliphatic carbocycles. The Labute approximate surface area is 117 Å². The Hall–Kier alpha value is -1.03. The molecule has 1 rings (SSSR count). The lowest BCUT2D eigenvalue weighted by molar-refractivity contribution is -0.129. The first-order valence-corrected chi connectivity index (χ1v) is 6.92. The number of benzene rings is 1. The van der Waals surface area contributed by atoms with Crippen LogP contribution in [0.3, 0.4) is 0 Å². The smallest absolute Gasteiger partial charge is 0.235 e. The molecular weight excluding hydrogens is 294 g/mol. The molecule has 1 aromatic carbocycles. The monoisotopic (exact) mass is 313 g/mol. The fourth-order valence-electron chi connectivity index (χ4n) is 1.52. The molecule has 1 aromatic rings. The van der Waals surface area contributed by atoms with Crippen LogP contribution < -0.4 is 4.74 Å². The molecule has 100 valence electrons. The Kier molecular flexibility index (Phi) is 5.66. The first-order valence-electron chi connectivity index (χ1n) is 6.01. The molecule has 3 nitrogen and oxygen atoms in total. The summed E-state index contributed by atoms with van der Waals surface area (Å²) in [6, 6.07) is 6.02. The second kappa shape index (κ2) is 6.78. The van der Waals surface area contributed by atoms with E-state index < -0.39 is 0 Å². The van der Waals surface area contributed by atoms with Crippen LogP contribution in [0.5, 0.6) is 5.75 Å². The summed E-state index contributed by atoms with van der Waals surface area (Å²) in [5, 5.41) is 0. The van der Waals surface area contributed by atoms with E-state index in [0.717, 1.165) is 5.75 Å². The maximum atomic E-state index is 11.6. The number of carbonyl (C=O) groups is 1. The molecule has 18 heavy (non-hydrogen) atoms. The summed E-state index contributed by atoms with van der Waals surface area (Å²) < 4.78 is 5.63.